The fourth-order valence-corrected chi connectivity index (χ4v) is 3.66. The van der Waals surface area contributed by atoms with E-state index < -0.39 is 0 Å². The number of benzene rings is 4. The number of hydrogen-bond acceptors (Lipinski definition) is 0. The lowest BCUT2D eigenvalue weighted by Gasteiger charge is -2.16. The molecule has 0 amide bonds. The summed E-state index contributed by atoms with van der Waals surface area (Å²) in [5.41, 5.74) is 5.44. The number of aryl methyl sites for hydroxylation is 4. The lowest BCUT2D eigenvalue weighted by molar-refractivity contribution is 1.46. The first-order chi connectivity index (χ1) is 9.54. The molecule has 98 valence electrons. The van der Waals surface area contributed by atoms with Crippen molar-refractivity contribution in [2.45, 2.75) is 27.7 Å². The van der Waals surface area contributed by atoms with Gasteiger partial charge in [-0.3, -0.25) is 0 Å². The Morgan fingerprint density at radius 1 is 0.500 bits per heavy atom. The lowest BCUT2D eigenvalue weighted by atomic mass is 9.88. The maximum atomic E-state index is 2.34. The smallest absolute Gasteiger partial charge is 0.00237 e. The molecule has 0 heterocycles. The molecule has 0 fully saturated rings. The van der Waals surface area contributed by atoms with E-state index in [2.05, 4.69) is 64.1 Å². The van der Waals surface area contributed by atoms with Gasteiger partial charge < -0.3 is 0 Å². The van der Waals surface area contributed by atoms with Crippen molar-refractivity contribution in [1.82, 2.24) is 0 Å². The monoisotopic (exact) mass is 258 g/mol. The van der Waals surface area contributed by atoms with Gasteiger partial charge in [0.25, 0.3) is 0 Å². The van der Waals surface area contributed by atoms with Crippen molar-refractivity contribution in [3.63, 3.8) is 0 Å². The summed E-state index contributed by atoms with van der Waals surface area (Å²) in [5.74, 6) is 0. The third-order valence-corrected chi connectivity index (χ3v) is 4.47. The zero-order chi connectivity index (χ0) is 14.0. The molecule has 0 aliphatic heterocycles. The molecule has 0 saturated carbocycles. The normalized spacial score (nSPS) is 12.0. The molecule has 0 nitrogen and oxygen atoms in total. The van der Waals surface area contributed by atoms with E-state index >= 15 is 0 Å². The molecule has 0 aromatic heterocycles. The van der Waals surface area contributed by atoms with E-state index in [0.717, 1.165) is 0 Å². The van der Waals surface area contributed by atoms with Crippen LogP contribution in [0.3, 0.4) is 0 Å². The molecule has 20 heavy (non-hydrogen) atoms. The third-order valence-electron chi connectivity index (χ3n) is 4.47. The Balaban J connectivity index is 2.45. The fourth-order valence-electron chi connectivity index (χ4n) is 3.66. The van der Waals surface area contributed by atoms with Crippen LogP contribution in [0.5, 0.6) is 0 Å². The van der Waals surface area contributed by atoms with Crippen LogP contribution in [0.15, 0.2) is 36.4 Å². The van der Waals surface area contributed by atoms with Crippen LogP contribution >= 0.6 is 0 Å². The van der Waals surface area contributed by atoms with Gasteiger partial charge in [-0.2, -0.15) is 0 Å². The van der Waals surface area contributed by atoms with Gasteiger partial charge in [0.2, 0.25) is 0 Å². The highest BCUT2D eigenvalue weighted by atomic mass is 14.2. The molecule has 0 unspecified atom stereocenters. The van der Waals surface area contributed by atoms with Crippen LogP contribution in [0.25, 0.3) is 32.3 Å². The predicted octanol–water partition coefficient (Wildman–Crippen LogP) is 5.82. The van der Waals surface area contributed by atoms with Gasteiger partial charge >= 0.3 is 0 Å². The first-order valence-electron chi connectivity index (χ1n) is 7.21. The Labute approximate surface area is 119 Å². The van der Waals surface area contributed by atoms with E-state index in [1.54, 1.807) is 0 Å². The molecule has 0 radical (unpaired) electrons. The molecule has 0 spiro atoms. The van der Waals surface area contributed by atoms with Crippen molar-refractivity contribution in [3.05, 3.63) is 58.7 Å². The highest BCUT2D eigenvalue weighted by Gasteiger charge is 2.12. The van der Waals surface area contributed by atoms with Crippen LogP contribution < -0.4 is 0 Å². The highest BCUT2D eigenvalue weighted by Crippen LogP contribution is 2.39. The first-order valence-corrected chi connectivity index (χ1v) is 7.21. The summed E-state index contributed by atoms with van der Waals surface area (Å²) in [6.45, 7) is 8.83. The number of hydrogen-bond donors (Lipinski definition) is 0. The summed E-state index contributed by atoms with van der Waals surface area (Å²) in [4.78, 5) is 0. The maximum absolute atomic E-state index is 2.34. The molecular formula is C20H18. The van der Waals surface area contributed by atoms with Crippen molar-refractivity contribution in [1.29, 1.82) is 0 Å². The Morgan fingerprint density at radius 2 is 0.900 bits per heavy atom. The van der Waals surface area contributed by atoms with Gasteiger partial charge in [-0.25, -0.2) is 0 Å². The largest absolute Gasteiger partial charge is 0.0514 e. The molecule has 0 aliphatic rings. The Hall–Kier alpha value is -2.08. The second kappa shape index (κ2) is 3.73. The van der Waals surface area contributed by atoms with Gasteiger partial charge in [-0.05, 0) is 82.3 Å². The van der Waals surface area contributed by atoms with Crippen molar-refractivity contribution in [2.24, 2.45) is 0 Å². The summed E-state index contributed by atoms with van der Waals surface area (Å²) in [7, 11) is 0. The van der Waals surface area contributed by atoms with Crippen LogP contribution in [0, 0.1) is 27.7 Å². The van der Waals surface area contributed by atoms with Crippen molar-refractivity contribution < 1.29 is 0 Å². The first kappa shape index (κ1) is 11.7. The molecule has 4 aromatic rings. The maximum Gasteiger partial charge on any atom is -0.00237 e. The SMILES string of the molecule is Cc1cc2cc(C)c3cc(C)cc4cc(C)c(c1)c2c43. The van der Waals surface area contributed by atoms with Gasteiger partial charge in [0.1, 0.15) is 0 Å². The Morgan fingerprint density at radius 3 is 1.30 bits per heavy atom. The summed E-state index contributed by atoms with van der Waals surface area (Å²) in [6.07, 6.45) is 0. The second-order valence-corrected chi connectivity index (χ2v) is 6.21. The molecule has 0 heteroatoms. The average Bonchev–Trinajstić information content (AvgIpc) is 2.37. The van der Waals surface area contributed by atoms with E-state index in [-0.39, 0.29) is 0 Å². The van der Waals surface area contributed by atoms with E-state index in [9.17, 15) is 0 Å². The van der Waals surface area contributed by atoms with Crippen LogP contribution in [0.1, 0.15) is 22.3 Å². The summed E-state index contributed by atoms with van der Waals surface area (Å²) in [5, 5.41) is 8.44. The summed E-state index contributed by atoms with van der Waals surface area (Å²) >= 11 is 0. The highest BCUT2D eigenvalue weighted by molar-refractivity contribution is 6.24. The van der Waals surface area contributed by atoms with Gasteiger partial charge in [0.15, 0.2) is 0 Å². The summed E-state index contributed by atoms with van der Waals surface area (Å²) < 4.78 is 0. The van der Waals surface area contributed by atoms with Crippen LogP contribution in [-0.2, 0) is 0 Å². The van der Waals surface area contributed by atoms with E-state index in [4.69, 9.17) is 0 Å². The summed E-state index contributed by atoms with van der Waals surface area (Å²) in [6, 6.07) is 14.0. The molecule has 0 bridgehead atoms. The minimum atomic E-state index is 1.34. The molecule has 0 aliphatic carbocycles. The quantitative estimate of drug-likeness (QED) is 0.349. The molecule has 0 saturated heterocycles. The fraction of sp³-hybridized carbons (Fsp3) is 0.200. The van der Waals surface area contributed by atoms with Gasteiger partial charge in [-0.15, -0.1) is 0 Å². The van der Waals surface area contributed by atoms with E-state index in [0.29, 0.717) is 0 Å². The zero-order valence-corrected chi connectivity index (χ0v) is 12.5. The van der Waals surface area contributed by atoms with Crippen molar-refractivity contribution in [3.8, 4) is 0 Å². The van der Waals surface area contributed by atoms with Crippen LogP contribution in [-0.4, -0.2) is 0 Å². The third kappa shape index (κ3) is 1.42. The van der Waals surface area contributed by atoms with Crippen LogP contribution in [0.2, 0.25) is 0 Å². The molecule has 0 atom stereocenters. The van der Waals surface area contributed by atoms with Crippen molar-refractivity contribution in [2.75, 3.05) is 0 Å². The van der Waals surface area contributed by atoms with Crippen LogP contribution in [0.4, 0.5) is 0 Å². The minimum absolute atomic E-state index is 1.34. The second-order valence-electron chi connectivity index (χ2n) is 6.21. The Kier molecular flexibility index (Phi) is 2.18. The molecular weight excluding hydrogens is 240 g/mol. The van der Waals surface area contributed by atoms with Gasteiger partial charge in [0.05, 0.1) is 0 Å². The van der Waals surface area contributed by atoms with E-state index in [1.165, 1.54) is 54.6 Å². The minimum Gasteiger partial charge on any atom is -0.0514 e. The van der Waals surface area contributed by atoms with Crippen molar-refractivity contribution >= 4 is 32.3 Å². The molecule has 0 N–H and O–H groups in total. The van der Waals surface area contributed by atoms with Gasteiger partial charge in [0, 0.05) is 0 Å². The predicted molar refractivity (Wildman–Crippen MR) is 89.1 cm³/mol. The zero-order valence-electron chi connectivity index (χ0n) is 12.5. The molecule has 4 rings (SSSR count). The standard InChI is InChI=1S/C20H18/c1-11-5-15-9-14(4)18-8-12(2)6-16-10-13(3)17(7-11)19(15)20(16)18/h5-10H,1-4H3. The number of rotatable bonds is 0. The molecule has 4 aromatic carbocycles. The Bertz CT molecular complexity index is 892. The lowest BCUT2D eigenvalue weighted by Crippen LogP contribution is -1.91. The van der Waals surface area contributed by atoms with E-state index in [1.807, 2.05) is 0 Å². The topological polar surface area (TPSA) is 0 Å². The van der Waals surface area contributed by atoms with Gasteiger partial charge in [-0.1, -0.05) is 36.4 Å². The average molecular weight is 258 g/mol.